The van der Waals surface area contributed by atoms with E-state index in [1.807, 2.05) is 36.4 Å². The minimum Gasteiger partial charge on any atom is -0.463 e. The number of hydrogen-bond acceptors (Lipinski definition) is 3. The van der Waals surface area contributed by atoms with E-state index in [9.17, 15) is 0 Å². The van der Waals surface area contributed by atoms with Gasteiger partial charge in [0.2, 0.25) is 0 Å². The lowest BCUT2D eigenvalue weighted by molar-refractivity contribution is 0.613. The predicted molar refractivity (Wildman–Crippen MR) is 57.2 cm³/mol. The molecule has 0 spiro atoms. The molecule has 72 valence electrons. The van der Waals surface area contributed by atoms with Crippen molar-refractivity contribution in [3.8, 4) is 11.3 Å². The Morgan fingerprint density at radius 3 is 2.73 bits per heavy atom. The van der Waals surface area contributed by atoms with Crippen molar-refractivity contribution in [1.29, 1.82) is 0 Å². The molecule has 0 radical (unpaired) electrons. The van der Waals surface area contributed by atoms with Gasteiger partial charge < -0.3 is 4.42 Å². The van der Waals surface area contributed by atoms with E-state index in [-0.39, 0.29) is 0 Å². The molecule has 0 atom stereocenters. The van der Waals surface area contributed by atoms with Crippen molar-refractivity contribution in [3.63, 3.8) is 0 Å². The lowest BCUT2D eigenvalue weighted by Gasteiger charge is -1.99. The quantitative estimate of drug-likeness (QED) is 0.600. The number of fused-ring (bicyclic) bond motifs is 1. The average molecular weight is 196 g/mol. The van der Waals surface area contributed by atoms with Gasteiger partial charge >= 0.3 is 0 Å². The Morgan fingerprint density at radius 1 is 1.00 bits per heavy atom. The monoisotopic (exact) mass is 196 g/mol. The molecule has 3 nitrogen and oxygen atoms in total. The van der Waals surface area contributed by atoms with Gasteiger partial charge in [-0.25, -0.2) is 0 Å². The highest BCUT2D eigenvalue weighted by Crippen LogP contribution is 2.25. The molecule has 0 amide bonds. The molecule has 0 saturated carbocycles. The first-order chi connectivity index (χ1) is 7.45. The van der Waals surface area contributed by atoms with Gasteiger partial charge in [-0.05, 0) is 6.07 Å². The fourth-order valence-corrected chi connectivity index (χ4v) is 1.62. The van der Waals surface area contributed by atoms with Gasteiger partial charge in [-0.3, -0.25) is 0 Å². The number of benzene rings is 1. The van der Waals surface area contributed by atoms with Crippen LogP contribution in [0.5, 0.6) is 0 Å². The van der Waals surface area contributed by atoms with Crippen LogP contribution in [0.25, 0.3) is 22.2 Å². The summed E-state index contributed by atoms with van der Waals surface area (Å²) in [5.74, 6) is 0. The second kappa shape index (κ2) is 3.20. The summed E-state index contributed by atoms with van der Waals surface area (Å²) in [5.41, 5.74) is 2.68. The van der Waals surface area contributed by atoms with Crippen molar-refractivity contribution in [2.24, 2.45) is 0 Å². The molecule has 2 aromatic heterocycles. The minimum atomic E-state index is 0.767. The molecule has 0 aliphatic rings. The molecule has 0 bridgehead atoms. The third-order valence-electron chi connectivity index (χ3n) is 2.33. The Bertz CT molecular complexity index is 587. The SMILES string of the molecule is c1ccc(-c2nncc3occc23)cc1. The Labute approximate surface area is 86.4 Å². The van der Waals surface area contributed by atoms with Crippen LogP contribution >= 0.6 is 0 Å². The van der Waals surface area contributed by atoms with Crippen LogP contribution in [0.2, 0.25) is 0 Å². The van der Waals surface area contributed by atoms with E-state index in [2.05, 4.69) is 10.2 Å². The van der Waals surface area contributed by atoms with Crippen molar-refractivity contribution in [2.45, 2.75) is 0 Å². The third kappa shape index (κ3) is 1.29. The minimum absolute atomic E-state index is 0.767. The summed E-state index contributed by atoms with van der Waals surface area (Å²) in [6.07, 6.45) is 3.28. The summed E-state index contributed by atoms with van der Waals surface area (Å²) in [6, 6.07) is 11.9. The molecule has 0 aliphatic carbocycles. The molecule has 0 fully saturated rings. The fraction of sp³-hybridized carbons (Fsp3) is 0. The average Bonchev–Trinajstić information content (AvgIpc) is 2.78. The maximum Gasteiger partial charge on any atom is 0.156 e. The molecule has 3 rings (SSSR count). The summed E-state index contributed by atoms with van der Waals surface area (Å²) in [7, 11) is 0. The lowest BCUT2D eigenvalue weighted by atomic mass is 10.1. The van der Waals surface area contributed by atoms with Gasteiger partial charge in [0.25, 0.3) is 0 Å². The maximum atomic E-state index is 5.28. The number of nitrogens with zero attached hydrogens (tertiary/aromatic N) is 2. The molecule has 3 heteroatoms. The van der Waals surface area contributed by atoms with Gasteiger partial charge in [0.15, 0.2) is 5.58 Å². The Balaban J connectivity index is 2.31. The topological polar surface area (TPSA) is 38.9 Å². The number of aromatic nitrogens is 2. The molecule has 0 saturated heterocycles. The molecule has 3 aromatic rings. The molecule has 1 aromatic carbocycles. The Kier molecular flexibility index (Phi) is 1.75. The van der Waals surface area contributed by atoms with Gasteiger partial charge in [-0.2, -0.15) is 5.10 Å². The maximum absolute atomic E-state index is 5.28. The smallest absolute Gasteiger partial charge is 0.156 e. The Hall–Kier alpha value is -2.16. The van der Waals surface area contributed by atoms with Crippen molar-refractivity contribution in [3.05, 3.63) is 48.9 Å². The van der Waals surface area contributed by atoms with Crippen molar-refractivity contribution in [1.82, 2.24) is 10.2 Å². The van der Waals surface area contributed by atoms with Crippen molar-refractivity contribution < 1.29 is 4.42 Å². The first kappa shape index (κ1) is 8.17. The second-order valence-corrected chi connectivity index (χ2v) is 3.26. The van der Waals surface area contributed by atoms with Crippen LogP contribution in [-0.4, -0.2) is 10.2 Å². The summed E-state index contributed by atoms with van der Waals surface area (Å²) >= 11 is 0. The van der Waals surface area contributed by atoms with Gasteiger partial charge in [-0.15, -0.1) is 5.10 Å². The number of rotatable bonds is 1. The summed E-state index contributed by atoms with van der Waals surface area (Å²) < 4.78 is 5.28. The summed E-state index contributed by atoms with van der Waals surface area (Å²) in [4.78, 5) is 0. The molecule has 15 heavy (non-hydrogen) atoms. The van der Waals surface area contributed by atoms with E-state index in [0.717, 1.165) is 22.2 Å². The van der Waals surface area contributed by atoms with Crippen LogP contribution in [0.3, 0.4) is 0 Å². The molecule has 0 aliphatic heterocycles. The largest absolute Gasteiger partial charge is 0.463 e. The number of furan rings is 1. The van der Waals surface area contributed by atoms with E-state index in [1.165, 1.54) is 0 Å². The van der Waals surface area contributed by atoms with Crippen LogP contribution in [-0.2, 0) is 0 Å². The van der Waals surface area contributed by atoms with E-state index in [1.54, 1.807) is 12.5 Å². The van der Waals surface area contributed by atoms with Crippen LogP contribution in [0.4, 0.5) is 0 Å². The fourth-order valence-electron chi connectivity index (χ4n) is 1.62. The Morgan fingerprint density at radius 2 is 1.87 bits per heavy atom. The first-order valence-electron chi connectivity index (χ1n) is 4.69. The van der Waals surface area contributed by atoms with Gasteiger partial charge in [0, 0.05) is 5.56 Å². The summed E-state index contributed by atoms with van der Waals surface area (Å²) in [5, 5.41) is 9.05. The van der Waals surface area contributed by atoms with Crippen molar-refractivity contribution in [2.75, 3.05) is 0 Å². The highest BCUT2D eigenvalue weighted by molar-refractivity contribution is 5.90. The highest BCUT2D eigenvalue weighted by Gasteiger charge is 2.06. The first-order valence-corrected chi connectivity index (χ1v) is 4.69. The van der Waals surface area contributed by atoms with Crippen molar-refractivity contribution >= 4 is 11.0 Å². The zero-order chi connectivity index (χ0) is 10.1. The second-order valence-electron chi connectivity index (χ2n) is 3.26. The van der Waals surface area contributed by atoms with Crippen LogP contribution < -0.4 is 0 Å². The predicted octanol–water partition coefficient (Wildman–Crippen LogP) is 2.89. The highest BCUT2D eigenvalue weighted by atomic mass is 16.3. The molecular formula is C12H8N2O. The lowest BCUT2D eigenvalue weighted by Crippen LogP contribution is -1.86. The van der Waals surface area contributed by atoms with Gasteiger partial charge in [0.05, 0.1) is 17.8 Å². The zero-order valence-electron chi connectivity index (χ0n) is 7.92. The standard InChI is InChI=1S/C12H8N2O/c1-2-4-9(5-3-1)12-10-6-7-15-11(10)8-13-14-12/h1-8H. The third-order valence-corrected chi connectivity index (χ3v) is 2.33. The normalized spacial score (nSPS) is 10.7. The summed E-state index contributed by atoms with van der Waals surface area (Å²) in [6.45, 7) is 0. The van der Waals surface area contributed by atoms with Gasteiger partial charge in [0.1, 0.15) is 5.69 Å². The zero-order valence-corrected chi connectivity index (χ0v) is 7.92. The van der Waals surface area contributed by atoms with Crippen LogP contribution in [0.1, 0.15) is 0 Å². The van der Waals surface area contributed by atoms with E-state index >= 15 is 0 Å². The van der Waals surface area contributed by atoms with Gasteiger partial charge in [-0.1, -0.05) is 30.3 Å². The van der Waals surface area contributed by atoms with E-state index in [4.69, 9.17) is 4.42 Å². The van der Waals surface area contributed by atoms with E-state index < -0.39 is 0 Å². The van der Waals surface area contributed by atoms with Crippen LogP contribution in [0, 0.1) is 0 Å². The molecule has 0 N–H and O–H groups in total. The molecular weight excluding hydrogens is 188 g/mol. The molecule has 0 unspecified atom stereocenters. The van der Waals surface area contributed by atoms with E-state index in [0.29, 0.717) is 0 Å². The number of hydrogen-bond donors (Lipinski definition) is 0. The molecule has 2 heterocycles. The van der Waals surface area contributed by atoms with Crippen LogP contribution in [0.15, 0.2) is 53.3 Å².